The smallest absolute Gasteiger partial charge is 0.332 e. The molecular formula is C11H19N3O6. The molecule has 0 spiro atoms. The summed E-state index contributed by atoms with van der Waals surface area (Å²) in [7, 11) is 2.78. The maximum Gasteiger partial charge on any atom is 0.332 e. The molecule has 114 valence electrons. The third-order valence-corrected chi connectivity index (χ3v) is 2.99. The molecule has 1 aromatic rings. The first-order chi connectivity index (χ1) is 9.29. The summed E-state index contributed by atoms with van der Waals surface area (Å²) in [5, 5.41) is 39.5. The summed E-state index contributed by atoms with van der Waals surface area (Å²) < 4.78 is 2.09. The summed E-state index contributed by atoms with van der Waals surface area (Å²) in [6, 6.07) is 1.17. The van der Waals surface area contributed by atoms with E-state index >= 15 is 0 Å². The number of aliphatic hydroxyl groups is 4. The van der Waals surface area contributed by atoms with Gasteiger partial charge in [0.05, 0.1) is 12.7 Å². The van der Waals surface area contributed by atoms with Crippen molar-refractivity contribution in [3.8, 4) is 0 Å². The zero-order valence-electron chi connectivity index (χ0n) is 11.2. The van der Waals surface area contributed by atoms with Crippen molar-refractivity contribution in [1.82, 2.24) is 9.13 Å². The van der Waals surface area contributed by atoms with Crippen LogP contribution in [0.1, 0.15) is 0 Å². The van der Waals surface area contributed by atoms with E-state index in [1.165, 1.54) is 24.7 Å². The number of hydrogen-bond donors (Lipinski definition) is 5. The summed E-state index contributed by atoms with van der Waals surface area (Å²) in [6.07, 6.45) is -4.40. The normalized spacial score (nSPS) is 15.7. The summed E-state index contributed by atoms with van der Waals surface area (Å²) in [5.41, 5.74) is -1.05. The molecule has 0 bridgehead atoms. The Kier molecular flexibility index (Phi) is 5.45. The predicted octanol–water partition coefficient (Wildman–Crippen LogP) is -3.43. The van der Waals surface area contributed by atoms with E-state index in [1.54, 1.807) is 0 Å². The van der Waals surface area contributed by atoms with E-state index in [4.69, 9.17) is 5.11 Å². The van der Waals surface area contributed by atoms with Crippen molar-refractivity contribution < 1.29 is 20.4 Å². The van der Waals surface area contributed by atoms with Crippen molar-refractivity contribution in [2.75, 3.05) is 18.5 Å². The van der Waals surface area contributed by atoms with Gasteiger partial charge < -0.3 is 25.7 Å². The second-order valence-corrected chi connectivity index (χ2v) is 4.46. The van der Waals surface area contributed by atoms with E-state index in [-0.39, 0.29) is 12.4 Å². The largest absolute Gasteiger partial charge is 0.394 e. The molecule has 9 heteroatoms. The molecule has 0 aliphatic rings. The molecule has 0 amide bonds. The Morgan fingerprint density at radius 2 is 1.75 bits per heavy atom. The van der Waals surface area contributed by atoms with E-state index in [1.807, 2.05) is 0 Å². The Morgan fingerprint density at radius 3 is 2.30 bits per heavy atom. The van der Waals surface area contributed by atoms with Crippen molar-refractivity contribution in [2.45, 2.75) is 18.3 Å². The van der Waals surface area contributed by atoms with E-state index in [9.17, 15) is 24.9 Å². The minimum Gasteiger partial charge on any atom is -0.394 e. The first kappa shape index (κ1) is 16.4. The van der Waals surface area contributed by atoms with Gasteiger partial charge in [-0.25, -0.2) is 4.79 Å². The monoisotopic (exact) mass is 289 g/mol. The molecular weight excluding hydrogens is 270 g/mol. The first-order valence-electron chi connectivity index (χ1n) is 5.95. The molecule has 9 nitrogen and oxygen atoms in total. The van der Waals surface area contributed by atoms with Crippen molar-refractivity contribution in [2.24, 2.45) is 14.1 Å². The van der Waals surface area contributed by atoms with Crippen LogP contribution in [0.4, 0.5) is 5.82 Å². The Hall–Kier alpha value is -1.68. The van der Waals surface area contributed by atoms with Crippen LogP contribution in [0.25, 0.3) is 0 Å². The molecule has 3 atom stereocenters. The molecule has 0 saturated carbocycles. The molecule has 0 radical (unpaired) electrons. The molecule has 1 heterocycles. The highest BCUT2D eigenvalue weighted by atomic mass is 16.4. The predicted molar refractivity (Wildman–Crippen MR) is 70.5 cm³/mol. The van der Waals surface area contributed by atoms with Gasteiger partial charge in [0.2, 0.25) is 0 Å². The second kappa shape index (κ2) is 6.66. The number of nitrogens with one attached hydrogen (secondary N) is 1. The van der Waals surface area contributed by atoms with E-state index in [0.29, 0.717) is 0 Å². The molecule has 1 rings (SSSR count). The van der Waals surface area contributed by atoms with Gasteiger partial charge in [0.25, 0.3) is 5.56 Å². The molecule has 0 fully saturated rings. The maximum atomic E-state index is 11.6. The SMILES string of the molecule is Cn1c(NC[C@H](O)[C@H](O)[C@@H](O)CO)cc(=O)n(C)c1=O. The highest BCUT2D eigenvalue weighted by Crippen LogP contribution is 2.03. The fourth-order valence-electron chi connectivity index (χ4n) is 1.60. The lowest BCUT2D eigenvalue weighted by Gasteiger charge is -2.22. The number of rotatable bonds is 6. The van der Waals surface area contributed by atoms with Gasteiger partial charge in [-0.15, -0.1) is 0 Å². The minimum atomic E-state index is -1.55. The van der Waals surface area contributed by atoms with Crippen molar-refractivity contribution >= 4 is 5.82 Å². The lowest BCUT2D eigenvalue weighted by Crippen LogP contribution is -2.44. The third kappa shape index (κ3) is 3.45. The number of anilines is 1. The van der Waals surface area contributed by atoms with Gasteiger partial charge in [0.15, 0.2) is 0 Å². The van der Waals surface area contributed by atoms with Crippen LogP contribution in [-0.2, 0) is 14.1 Å². The summed E-state index contributed by atoms with van der Waals surface area (Å²) in [5.74, 6) is 0.169. The molecule has 0 aromatic carbocycles. The van der Waals surface area contributed by atoms with Gasteiger partial charge in [-0.2, -0.15) is 0 Å². The second-order valence-electron chi connectivity index (χ2n) is 4.46. The lowest BCUT2D eigenvalue weighted by atomic mass is 10.1. The van der Waals surface area contributed by atoms with Crippen LogP contribution in [0.15, 0.2) is 15.7 Å². The van der Waals surface area contributed by atoms with E-state index < -0.39 is 36.2 Å². The van der Waals surface area contributed by atoms with Crippen LogP contribution in [0, 0.1) is 0 Å². The molecule has 20 heavy (non-hydrogen) atoms. The van der Waals surface area contributed by atoms with Gasteiger partial charge in [-0.1, -0.05) is 0 Å². The molecule has 1 aromatic heterocycles. The van der Waals surface area contributed by atoms with Gasteiger partial charge >= 0.3 is 5.69 Å². The van der Waals surface area contributed by atoms with Gasteiger partial charge in [0.1, 0.15) is 18.0 Å². The molecule has 0 aliphatic carbocycles. The van der Waals surface area contributed by atoms with Crippen LogP contribution in [0.5, 0.6) is 0 Å². The molecule has 0 saturated heterocycles. The number of aromatic nitrogens is 2. The number of nitrogens with zero attached hydrogens (tertiary/aromatic N) is 2. The highest BCUT2D eigenvalue weighted by molar-refractivity contribution is 5.33. The first-order valence-corrected chi connectivity index (χ1v) is 5.95. The Morgan fingerprint density at radius 1 is 1.15 bits per heavy atom. The van der Waals surface area contributed by atoms with Crippen molar-refractivity contribution in [3.63, 3.8) is 0 Å². The standard InChI is InChI=1S/C11H19N3O6/c1-13-8(3-9(18)14(2)11(13)20)12-4-6(16)10(19)7(17)5-15/h3,6-7,10,12,15-17,19H,4-5H2,1-2H3/t6-,7-,10-/m0/s1. The highest BCUT2D eigenvalue weighted by Gasteiger charge is 2.24. The average Bonchev–Trinajstić information content (AvgIpc) is 2.45. The maximum absolute atomic E-state index is 11.6. The molecule has 5 N–H and O–H groups in total. The number of hydrogen-bond acceptors (Lipinski definition) is 7. The molecule has 0 unspecified atom stereocenters. The molecule has 0 aliphatic heterocycles. The van der Waals surface area contributed by atoms with Crippen LogP contribution >= 0.6 is 0 Å². The fourth-order valence-corrected chi connectivity index (χ4v) is 1.60. The third-order valence-electron chi connectivity index (χ3n) is 2.99. The van der Waals surface area contributed by atoms with Crippen molar-refractivity contribution in [3.05, 3.63) is 26.9 Å². The van der Waals surface area contributed by atoms with Gasteiger partial charge in [-0.3, -0.25) is 13.9 Å². The minimum absolute atomic E-state index is 0.169. The topological polar surface area (TPSA) is 137 Å². The van der Waals surface area contributed by atoms with Gasteiger partial charge in [0, 0.05) is 26.7 Å². The van der Waals surface area contributed by atoms with E-state index in [0.717, 1.165) is 4.57 Å². The summed E-state index contributed by atoms with van der Waals surface area (Å²) >= 11 is 0. The zero-order valence-corrected chi connectivity index (χ0v) is 11.2. The van der Waals surface area contributed by atoms with Gasteiger partial charge in [-0.05, 0) is 0 Å². The van der Waals surface area contributed by atoms with Crippen LogP contribution < -0.4 is 16.6 Å². The Balaban J connectivity index is 2.81. The Labute approximate surface area is 114 Å². The van der Waals surface area contributed by atoms with Crippen LogP contribution in [-0.4, -0.2) is 61.0 Å². The summed E-state index contributed by atoms with van der Waals surface area (Å²) in [4.78, 5) is 23.1. The van der Waals surface area contributed by atoms with Crippen LogP contribution in [0.2, 0.25) is 0 Å². The number of aliphatic hydroxyl groups excluding tert-OH is 4. The lowest BCUT2D eigenvalue weighted by molar-refractivity contribution is -0.0715. The fraction of sp³-hybridized carbons (Fsp3) is 0.636. The van der Waals surface area contributed by atoms with Crippen LogP contribution in [0.3, 0.4) is 0 Å². The Bertz CT molecular complexity index is 566. The van der Waals surface area contributed by atoms with Crippen molar-refractivity contribution in [1.29, 1.82) is 0 Å². The zero-order chi connectivity index (χ0) is 15.4. The average molecular weight is 289 g/mol. The van der Waals surface area contributed by atoms with E-state index in [2.05, 4.69) is 5.32 Å². The quantitative estimate of drug-likeness (QED) is 0.367. The summed E-state index contributed by atoms with van der Waals surface area (Å²) in [6.45, 7) is -0.902.